The molecule has 3 saturated heterocycles. The van der Waals surface area contributed by atoms with Gasteiger partial charge in [0, 0.05) is 18.8 Å². The second-order valence-electron chi connectivity index (χ2n) is 9.97. The number of quaternary nitrogens is 3. The highest BCUT2D eigenvalue weighted by Crippen LogP contribution is 2.40. The van der Waals surface area contributed by atoms with Gasteiger partial charge in [-0.2, -0.15) is 0 Å². The number of nitrogens with zero attached hydrogens (tertiary/aromatic N) is 3. The molecule has 5 unspecified atom stereocenters. The topological polar surface area (TPSA) is 137 Å². The number of hydroxylamine groups is 9. The highest BCUT2D eigenvalue weighted by Gasteiger charge is 2.43. The minimum Gasteiger partial charge on any atom is -0.633 e. The Morgan fingerprint density at radius 1 is 0.767 bits per heavy atom. The first-order valence-corrected chi connectivity index (χ1v) is 14.1. The number of sulfone groups is 2. The SMILES string of the molecule is CC1C[N+](C)([O-])CCS1(=O)=O.C[N+]1([O-])CC2CCC1C2.C[N+]1([O-])CCS(=O)(=O)CC1. The predicted octanol–water partition coefficient (Wildman–Crippen LogP) is 0.220. The van der Waals surface area contributed by atoms with E-state index in [1.54, 1.807) is 6.92 Å². The zero-order valence-electron chi connectivity index (χ0n) is 18.5. The third-order valence-electron chi connectivity index (χ3n) is 6.76. The molecule has 10 nitrogen and oxygen atoms in total. The molecule has 5 atom stereocenters. The van der Waals surface area contributed by atoms with E-state index in [4.69, 9.17) is 0 Å². The summed E-state index contributed by atoms with van der Waals surface area (Å²) in [5.41, 5.74) is 0. The molecule has 2 bridgehead atoms. The van der Waals surface area contributed by atoms with Crippen molar-refractivity contribution >= 4 is 19.7 Å². The van der Waals surface area contributed by atoms with Crippen molar-refractivity contribution in [2.45, 2.75) is 37.5 Å². The lowest BCUT2D eigenvalue weighted by Gasteiger charge is -2.43. The Kier molecular flexibility index (Phi) is 7.68. The summed E-state index contributed by atoms with van der Waals surface area (Å²) in [6, 6.07) is 0.468. The van der Waals surface area contributed by atoms with Crippen molar-refractivity contribution in [3.8, 4) is 0 Å². The maximum atomic E-state index is 11.4. The Morgan fingerprint density at radius 3 is 1.60 bits per heavy atom. The van der Waals surface area contributed by atoms with Gasteiger partial charge < -0.3 is 29.6 Å². The number of piperidine rings is 1. The van der Waals surface area contributed by atoms with E-state index in [0.29, 0.717) is 6.04 Å². The summed E-state index contributed by atoms with van der Waals surface area (Å²) in [6.07, 6.45) is 3.71. The van der Waals surface area contributed by atoms with Crippen molar-refractivity contribution in [3.63, 3.8) is 0 Å². The van der Waals surface area contributed by atoms with Gasteiger partial charge in [-0.25, -0.2) is 16.8 Å². The summed E-state index contributed by atoms with van der Waals surface area (Å²) < 4.78 is 43.1. The molecule has 0 aromatic carbocycles. The zero-order valence-corrected chi connectivity index (χ0v) is 20.2. The summed E-state index contributed by atoms with van der Waals surface area (Å²) in [5.74, 6) is 0.909. The first-order valence-electron chi connectivity index (χ1n) is 10.5. The lowest BCUT2D eigenvalue weighted by molar-refractivity contribution is -0.878. The standard InChI is InChI=1S/C7H13NO.C6H13NO3S.C5H11NO3S/c1-8(9)5-6-2-3-7(8)4-6;1-6-5-7(2,8)3-4-11(6,9)10;1-6(7)2-4-10(8,9)5-3-6/h6-7H,2-5H2,1H3;6H,3-5H2,1-2H3;2-5H2,1H3. The highest BCUT2D eigenvalue weighted by molar-refractivity contribution is 7.92. The van der Waals surface area contributed by atoms with Crippen molar-refractivity contribution in [1.82, 2.24) is 0 Å². The normalized spacial score (nSPS) is 43.0. The van der Waals surface area contributed by atoms with E-state index in [1.165, 1.54) is 33.4 Å². The Labute approximate surface area is 180 Å². The molecule has 0 spiro atoms. The molecule has 12 heteroatoms. The monoisotopic (exact) mass is 471 g/mol. The van der Waals surface area contributed by atoms with Gasteiger partial charge in [-0.15, -0.1) is 0 Å². The van der Waals surface area contributed by atoms with Gasteiger partial charge in [0.05, 0.1) is 71.4 Å². The lowest BCUT2D eigenvalue weighted by Crippen LogP contribution is -2.53. The Morgan fingerprint density at radius 2 is 1.30 bits per heavy atom. The van der Waals surface area contributed by atoms with Crippen LogP contribution >= 0.6 is 0 Å². The van der Waals surface area contributed by atoms with Gasteiger partial charge in [-0.1, -0.05) is 0 Å². The van der Waals surface area contributed by atoms with E-state index in [-0.39, 0.29) is 48.1 Å². The second-order valence-corrected chi connectivity index (χ2v) is 14.8. The van der Waals surface area contributed by atoms with Crippen molar-refractivity contribution in [3.05, 3.63) is 15.6 Å². The average molecular weight is 472 g/mol. The molecular formula is C18H37N3O7S2. The molecule has 4 fully saturated rings. The molecule has 1 aliphatic carbocycles. The van der Waals surface area contributed by atoms with Crippen molar-refractivity contribution in [2.24, 2.45) is 5.92 Å². The first-order chi connectivity index (χ1) is 13.4. The van der Waals surface area contributed by atoms with E-state index in [2.05, 4.69) is 0 Å². The van der Waals surface area contributed by atoms with E-state index in [0.717, 1.165) is 12.5 Å². The third kappa shape index (κ3) is 7.37. The van der Waals surface area contributed by atoms with Crippen LogP contribution in [0.15, 0.2) is 0 Å². The van der Waals surface area contributed by atoms with E-state index in [1.807, 2.05) is 7.05 Å². The average Bonchev–Trinajstić information content (AvgIpc) is 3.16. The molecule has 0 radical (unpaired) electrons. The number of fused-ring (bicyclic) bond motifs is 2. The van der Waals surface area contributed by atoms with Crippen LogP contribution in [-0.4, -0.2) is 113 Å². The minimum absolute atomic E-state index is 0.0359. The van der Waals surface area contributed by atoms with Crippen LogP contribution in [0.25, 0.3) is 0 Å². The largest absolute Gasteiger partial charge is 0.633 e. The number of likely N-dealkylation sites (tertiary alicyclic amines) is 1. The van der Waals surface area contributed by atoms with Crippen LogP contribution in [0, 0.1) is 21.5 Å². The molecule has 4 rings (SSSR count). The summed E-state index contributed by atoms with van der Waals surface area (Å²) in [6.45, 7) is 3.31. The van der Waals surface area contributed by atoms with Crippen LogP contribution in [0.5, 0.6) is 0 Å². The molecule has 3 heterocycles. The van der Waals surface area contributed by atoms with Gasteiger partial charge in [0.15, 0.2) is 19.7 Å². The first kappa shape index (κ1) is 25.9. The Hall–Kier alpha value is -0.340. The predicted molar refractivity (Wildman–Crippen MR) is 116 cm³/mol. The maximum absolute atomic E-state index is 11.4. The molecule has 3 aliphatic heterocycles. The zero-order chi connectivity index (χ0) is 23.0. The van der Waals surface area contributed by atoms with Crippen molar-refractivity contribution in [2.75, 3.05) is 71.1 Å². The van der Waals surface area contributed by atoms with Crippen LogP contribution in [0.2, 0.25) is 0 Å². The number of rotatable bonds is 0. The summed E-state index contributed by atoms with van der Waals surface area (Å²) in [7, 11) is -0.967. The quantitative estimate of drug-likeness (QED) is 0.364. The molecule has 4 aliphatic rings. The van der Waals surface area contributed by atoms with Crippen LogP contribution < -0.4 is 0 Å². The van der Waals surface area contributed by atoms with Gasteiger partial charge in [-0.05, 0) is 13.3 Å². The molecule has 178 valence electrons. The fraction of sp³-hybridized carbons (Fsp3) is 1.00. The Balaban J connectivity index is 0.000000161. The van der Waals surface area contributed by atoms with E-state index < -0.39 is 34.2 Å². The summed E-state index contributed by atoms with van der Waals surface area (Å²) in [4.78, 5) is 0. The van der Waals surface area contributed by atoms with Crippen molar-refractivity contribution in [1.29, 1.82) is 0 Å². The lowest BCUT2D eigenvalue weighted by atomic mass is 10.1. The summed E-state index contributed by atoms with van der Waals surface area (Å²) in [5, 5.41) is 33.3. The molecule has 0 amide bonds. The third-order valence-corrected chi connectivity index (χ3v) is 10.5. The molecule has 30 heavy (non-hydrogen) atoms. The highest BCUT2D eigenvalue weighted by atomic mass is 32.2. The van der Waals surface area contributed by atoms with Gasteiger partial charge in [0.1, 0.15) is 11.0 Å². The fourth-order valence-electron chi connectivity index (χ4n) is 4.52. The van der Waals surface area contributed by atoms with Gasteiger partial charge >= 0.3 is 0 Å². The molecule has 0 aromatic heterocycles. The van der Waals surface area contributed by atoms with Crippen LogP contribution in [-0.2, 0) is 19.7 Å². The molecule has 1 saturated carbocycles. The van der Waals surface area contributed by atoms with E-state index >= 15 is 0 Å². The van der Waals surface area contributed by atoms with Crippen LogP contribution in [0.4, 0.5) is 0 Å². The van der Waals surface area contributed by atoms with Crippen LogP contribution in [0.1, 0.15) is 26.2 Å². The molecular weight excluding hydrogens is 434 g/mol. The number of hydrogen-bond acceptors (Lipinski definition) is 7. The van der Waals surface area contributed by atoms with Gasteiger partial charge in [0.2, 0.25) is 0 Å². The maximum Gasteiger partial charge on any atom is 0.163 e. The van der Waals surface area contributed by atoms with Crippen molar-refractivity contribution < 1.29 is 30.8 Å². The fourth-order valence-corrected chi connectivity index (χ4v) is 7.64. The second kappa shape index (κ2) is 8.89. The molecule has 0 N–H and O–H groups in total. The van der Waals surface area contributed by atoms with Crippen LogP contribution in [0.3, 0.4) is 0 Å². The smallest absolute Gasteiger partial charge is 0.163 e. The summed E-state index contributed by atoms with van der Waals surface area (Å²) >= 11 is 0. The van der Waals surface area contributed by atoms with Gasteiger partial charge in [0.25, 0.3) is 0 Å². The Bertz CT molecular complexity index is 794. The van der Waals surface area contributed by atoms with E-state index in [9.17, 15) is 32.5 Å². The minimum atomic E-state index is -2.95. The molecule has 0 aromatic rings. The number of hydrogen-bond donors (Lipinski definition) is 0. The van der Waals surface area contributed by atoms with Gasteiger partial charge in [-0.3, -0.25) is 0 Å².